The lowest BCUT2D eigenvalue weighted by molar-refractivity contribution is 0.0656. The zero-order valence-corrected chi connectivity index (χ0v) is 14.1. The largest absolute Gasteiger partial charge is 0.336 e. The van der Waals surface area contributed by atoms with Gasteiger partial charge in [-0.3, -0.25) is 14.5 Å². The van der Waals surface area contributed by atoms with Gasteiger partial charge in [0.25, 0.3) is 11.8 Å². The van der Waals surface area contributed by atoms with E-state index < -0.39 is 0 Å². The Morgan fingerprint density at radius 3 is 2.24 bits per heavy atom. The van der Waals surface area contributed by atoms with Crippen molar-refractivity contribution < 1.29 is 14.4 Å². The summed E-state index contributed by atoms with van der Waals surface area (Å²) in [6.07, 6.45) is 0. The third-order valence-corrected chi connectivity index (χ3v) is 4.35. The zero-order valence-electron chi connectivity index (χ0n) is 14.1. The normalized spacial score (nSPS) is 13.0. The Balaban J connectivity index is 1.55. The van der Waals surface area contributed by atoms with Crippen LogP contribution < -0.4 is 10.6 Å². The summed E-state index contributed by atoms with van der Waals surface area (Å²) >= 11 is 0. The molecule has 0 spiro atoms. The van der Waals surface area contributed by atoms with Crippen molar-refractivity contribution in [2.24, 2.45) is 0 Å². The first kappa shape index (κ1) is 16.7. The van der Waals surface area contributed by atoms with Crippen molar-refractivity contribution in [1.82, 2.24) is 10.2 Å². The van der Waals surface area contributed by atoms with Gasteiger partial charge in [0.1, 0.15) is 0 Å². The average Bonchev–Trinajstić information content (AvgIpc) is 2.84. The number of carbonyl (C=O) groups excluding carboxylic acids is 3. The number of amides is 4. The fourth-order valence-corrected chi connectivity index (χ4v) is 2.78. The molecule has 2 aromatic rings. The van der Waals surface area contributed by atoms with Gasteiger partial charge in [0.15, 0.2) is 0 Å². The monoisotopic (exact) mass is 337 g/mol. The number of aryl methyl sites for hydroxylation is 1. The molecule has 0 bridgehead atoms. The van der Waals surface area contributed by atoms with Crippen molar-refractivity contribution in [3.63, 3.8) is 0 Å². The maximum atomic E-state index is 12.2. The van der Waals surface area contributed by atoms with Crippen molar-refractivity contribution in [3.05, 3.63) is 64.7 Å². The molecule has 2 aromatic carbocycles. The number of fused-ring (bicyclic) bond motifs is 1. The van der Waals surface area contributed by atoms with Crippen LogP contribution in [0.4, 0.5) is 10.5 Å². The lowest BCUT2D eigenvalue weighted by Gasteiger charge is -2.15. The highest BCUT2D eigenvalue weighted by atomic mass is 16.2. The average molecular weight is 337 g/mol. The summed E-state index contributed by atoms with van der Waals surface area (Å²) in [5.74, 6) is -0.644. The van der Waals surface area contributed by atoms with Crippen LogP contribution in [0.5, 0.6) is 0 Å². The van der Waals surface area contributed by atoms with E-state index in [1.165, 1.54) is 0 Å². The molecule has 0 saturated carbocycles. The third kappa shape index (κ3) is 3.24. The SMILES string of the molecule is Cc1cccc(NC(=O)NCCN2C(=O)c3ccccc3C2=O)c1C. The molecule has 0 unspecified atom stereocenters. The first-order chi connectivity index (χ1) is 12.0. The van der Waals surface area contributed by atoms with Crippen LogP contribution in [0.25, 0.3) is 0 Å². The van der Waals surface area contributed by atoms with Gasteiger partial charge < -0.3 is 10.6 Å². The second kappa shape index (κ2) is 6.76. The van der Waals surface area contributed by atoms with Gasteiger partial charge in [-0.05, 0) is 43.2 Å². The molecule has 0 fully saturated rings. The van der Waals surface area contributed by atoms with Crippen LogP contribution in [0.2, 0.25) is 0 Å². The lowest BCUT2D eigenvalue weighted by Crippen LogP contribution is -2.39. The number of urea groups is 1. The van der Waals surface area contributed by atoms with Gasteiger partial charge in [0.2, 0.25) is 0 Å². The molecule has 4 amide bonds. The molecular formula is C19H19N3O3. The fraction of sp³-hybridized carbons (Fsp3) is 0.211. The van der Waals surface area contributed by atoms with Crippen LogP contribution in [0.3, 0.4) is 0 Å². The Morgan fingerprint density at radius 2 is 1.60 bits per heavy atom. The molecule has 0 aliphatic carbocycles. The first-order valence-electron chi connectivity index (χ1n) is 8.05. The van der Waals surface area contributed by atoms with Gasteiger partial charge in [-0.2, -0.15) is 0 Å². The van der Waals surface area contributed by atoms with Gasteiger partial charge in [-0.25, -0.2) is 4.79 Å². The summed E-state index contributed by atoms with van der Waals surface area (Å²) in [7, 11) is 0. The van der Waals surface area contributed by atoms with E-state index in [1.54, 1.807) is 24.3 Å². The number of nitrogens with zero attached hydrogens (tertiary/aromatic N) is 1. The van der Waals surface area contributed by atoms with Crippen LogP contribution in [0, 0.1) is 13.8 Å². The number of hydrogen-bond donors (Lipinski definition) is 2. The van der Waals surface area contributed by atoms with E-state index in [4.69, 9.17) is 0 Å². The number of hydrogen-bond acceptors (Lipinski definition) is 3. The molecule has 6 nitrogen and oxygen atoms in total. The molecule has 0 aromatic heterocycles. The minimum atomic E-state index is -0.370. The fourth-order valence-electron chi connectivity index (χ4n) is 2.78. The highest BCUT2D eigenvalue weighted by molar-refractivity contribution is 6.21. The molecule has 25 heavy (non-hydrogen) atoms. The van der Waals surface area contributed by atoms with Crippen molar-refractivity contribution >= 4 is 23.5 Å². The van der Waals surface area contributed by atoms with Crippen LogP contribution >= 0.6 is 0 Å². The summed E-state index contributed by atoms with van der Waals surface area (Å²) in [6.45, 7) is 4.22. The number of anilines is 1. The summed E-state index contributed by atoms with van der Waals surface area (Å²) in [5, 5.41) is 5.45. The minimum absolute atomic E-state index is 0.132. The van der Waals surface area contributed by atoms with Crippen LogP contribution in [-0.2, 0) is 0 Å². The van der Waals surface area contributed by atoms with E-state index in [-0.39, 0.29) is 30.9 Å². The second-order valence-corrected chi connectivity index (χ2v) is 5.94. The molecule has 1 aliphatic heterocycles. The summed E-state index contributed by atoms with van der Waals surface area (Å²) in [6, 6.07) is 12.0. The molecule has 0 saturated heterocycles. The molecule has 128 valence electrons. The maximum absolute atomic E-state index is 12.2. The predicted molar refractivity (Wildman–Crippen MR) is 94.7 cm³/mol. The second-order valence-electron chi connectivity index (χ2n) is 5.94. The Bertz CT molecular complexity index is 826. The van der Waals surface area contributed by atoms with Crippen molar-refractivity contribution in [3.8, 4) is 0 Å². The van der Waals surface area contributed by atoms with Gasteiger partial charge in [0.05, 0.1) is 11.1 Å². The van der Waals surface area contributed by atoms with Crippen molar-refractivity contribution in [2.45, 2.75) is 13.8 Å². The van der Waals surface area contributed by atoms with Crippen LogP contribution in [-0.4, -0.2) is 35.8 Å². The number of imide groups is 1. The highest BCUT2D eigenvalue weighted by Crippen LogP contribution is 2.21. The Labute approximate surface area is 145 Å². The topological polar surface area (TPSA) is 78.5 Å². The summed E-state index contributed by atoms with van der Waals surface area (Å²) < 4.78 is 0. The van der Waals surface area contributed by atoms with Gasteiger partial charge in [0, 0.05) is 18.8 Å². The first-order valence-corrected chi connectivity index (χ1v) is 8.05. The van der Waals surface area contributed by atoms with Crippen LogP contribution in [0.15, 0.2) is 42.5 Å². The standard InChI is InChI=1S/C19H19N3O3/c1-12-6-5-9-16(13(12)2)21-19(25)20-10-11-22-17(23)14-7-3-4-8-15(14)18(22)24/h3-9H,10-11H2,1-2H3,(H2,20,21,25). The Kier molecular flexibility index (Phi) is 4.52. The van der Waals surface area contributed by atoms with E-state index in [0.717, 1.165) is 21.7 Å². The van der Waals surface area contributed by atoms with E-state index in [2.05, 4.69) is 10.6 Å². The van der Waals surface area contributed by atoms with E-state index in [1.807, 2.05) is 32.0 Å². The smallest absolute Gasteiger partial charge is 0.319 e. The molecule has 1 heterocycles. The van der Waals surface area contributed by atoms with Crippen molar-refractivity contribution in [2.75, 3.05) is 18.4 Å². The predicted octanol–water partition coefficient (Wildman–Crippen LogP) is 2.72. The number of rotatable bonds is 4. The highest BCUT2D eigenvalue weighted by Gasteiger charge is 2.34. The maximum Gasteiger partial charge on any atom is 0.319 e. The number of carbonyl (C=O) groups is 3. The van der Waals surface area contributed by atoms with Gasteiger partial charge >= 0.3 is 6.03 Å². The van der Waals surface area contributed by atoms with E-state index >= 15 is 0 Å². The molecule has 1 aliphatic rings. The molecule has 2 N–H and O–H groups in total. The molecule has 6 heteroatoms. The molecule has 3 rings (SSSR count). The quantitative estimate of drug-likeness (QED) is 0.842. The Morgan fingerprint density at radius 1 is 0.960 bits per heavy atom. The zero-order chi connectivity index (χ0) is 18.0. The van der Waals surface area contributed by atoms with Crippen molar-refractivity contribution in [1.29, 1.82) is 0 Å². The summed E-state index contributed by atoms with van der Waals surface area (Å²) in [4.78, 5) is 37.6. The van der Waals surface area contributed by atoms with Crippen LogP contribution in [0.1, 0.15) is 31.8 Å². The minimum Gasteiger partial charge on any atom is -0.336 e. The van der Waals surface area contributed by atoms with E-state index in [0.29, 0.717) is 11.1 Å². The third-order valence-electron chi connectivity index (χ3n) is 4.35. The molecular weight excluding hydrogens is 318 g/mol. The number of nitrogens with one attached hydrogen (secondary N) is 2. The van der Waals surface area contributed by atoms with Gasteiger partial charge in [-0.1, -0.05) is 24.3 Å². The summed E-state index contributed by atoms with van der Waals surface area (Å²) in [5.41, 5.74) is 3.64. The molecule has 0 radical (unpaired) electrons. The van der Waals surface area contributed by atoms with Gasteiger partial charge in [-0.15, -0.1) is 0 Å². The number of benzene rings is 2. The van der Waals surface area contributed by atoms with E-state index in [9.17, 15) is 14.4 Å². The Hall–Kier alpha value is -3.15. The lowest BCUT2D eigenvalue weighted by atomic mass is 10.1. The molecule has 0 atom stereocenters.